The standard InChI is InChI=1S/C5H9NO3/c1-3-4(7)2-6(3)5(8)9/h3-4,7H,2H2,1H3,(H,8,9). The molecule has 1 aliphatic heterocycles. The Bertz CT molecular complexity index is 136. The second-order valence-electron chi connectivity index (χ2n) is 2.24. The maximum atomic E-state index is 10.2. The lowest BCUT2D eigenvalue weighted by Gasteiger charge is -2.40. The second kappa shape index (κ2) is 1.88. The number of likely N-dealkylation sites (tertiary alicyclic amines) is 1. The van der Waals surface area contributed by atoms with E-state index in [1.54, 1.807) is 6.92 Å². The minimum absolute atomic E-state index is 0.220. The molecule has 1 aliphatic rings. The number of carboxylic acid groups (broad SMARTS) is 1. The predicted molar refractivity (Wildman–Crippen MR) is 30.2 cm³/mol. The van der Waals surface area contributed by atoms with Crippen LogP contribution in [0.1, 0.15) is 6.92 Å². The Morgan fingerprint density at radius 1 is 1.78 bits per heavy atom. The van der Waals surface area contributed by atoms with Crippen LogP contribution >= 0.6 is 0 Å². The van der Waals surface area contributed by atoms with Crippen molar-refractivity contribution in [3.05, 3.63) is 0 Å². The molecule has 2 unspecified atom stereocenters. The van der Waals surface area contributed by atoms with Crippen LogP contribution in [0.3, 0.4) is 0 Å². The minimum Gasteiger partial charge on any atom is -0.465 e. The molecule has 0 aromatic heterocycles. The fraction of sp³-hybridized carbons (Fsp3) is 0.800. The number of rotatable bonds is 0. The van der Waals surface area contributed by atoms with Crippen LogP contribution in [0.5, 0.6) is 0 Å². The van der Waals surface area contributed by atoms with Gasteiger partial charge in [0.25, 0.3) is 0 Å². The quantitative estimate of drug-likeness (QED) is 0.475. The highest BCUT2D eigenvalue weighted by molar-refractivity contribution is 5.66. The lowest BCUT2D eigenvalue weighted by atomic mass is 10.0. The van der Waals surface area contributed by atoms with E-state index < -0.39 is 12.2 Å². The van der Waals surface area contributed by atoms with Crippen molar-refractivity contribution in [3.63, 3.8) is 0 Å². The van der Waals surface area contributed by atoms with Crippen LogP contribution in [0, 0.1) is 0 Å². The molecule has 1 amide bonds. The molecule has 1 saturated heterocycles. The highest BCUT2D eigenvalue weighted by Gasteiger charge is 2.36. The van der Waals surface area contributed by atoms with Crippen LogP contribution in [-0.4, -0.2) is 39.9 Å². The van der Waals surface area contributed by atoms with Gasteiger partial charge in [-0.05, 0) is 6.92 Å². The van der Waals surface area contributed by atoms with Gasteiger partial charge in [-0.3, -0.25) is 0 Å². The summed E-state index contributed by atoms with van der Waals surface area (Å²) in [6, 6.07) is -0.220. The molecular weight excluding hydrogens is 122 g/mol. The van der Waals surface area contributed by atoms with Gasteiger partial charge in [-0.1, -0.05) is 0 Å². The molecule has 0 aromatic carbocycles. The minimum atomic E-state index is -0.951. The van der Waals surface area contributed by atoms with Crippen LogP contribution in [-0.2, 0) is 0 Å². The summed E-state index contributed by atoms with van der Waals surface area (Å²) < 4.78 is 0. The number of hydrogen-bond donors (Lipinski definition) is 2. The van der Waals surface area contributed by atoms with E-state index in [0.29, 0.717) is 0 Å². The first kappa shape index (κ1) is 6.35. The molecule has 2 N–H and O–H groups in total. The number of amides is 1. The average molecular weight is 131 g/mol. The number of carbonyl (C=O) groups is 1. The van der Waals surface area contributed by atoms with Crippen LogP contribution in [0.4, 0.5) is 4.79 Å². The molecule has 0 aromatic rings. The van der Waals surface area contributed by atoms with E-state index in [9.17, 15) is 4.79 Å². The van der Waals surface area contributed by atoms with Crippen molar-refractivity contribution in [3.8, 4) is 0 Å². The van der Waals surface area contributed by atoms with Crippen molar-refractivity contribution in [1.29, 1.82) is 0 Å². The van der Waals surface area contributed by atoms with E-state index in [0.717, 1.165) is 0 Å². The molecule has 1 rings (SSSR count). The lowest BCUT2D eigenvalue weighted by molar-refractivity contribution is -0.0376. The molecule has 9 heavy (non-hydrogen) atoms. The number of aliphatic hydroxyl groups is 1. The molecule has 0 saturated carbocycles. The lowest BCUT2D eigenvalue weighted by Crippen LogP contribution is -2.60. The Morgan fingerprint density at radius 3 is 2.44 bits per heavy atom. The van der Waals surface area contributed by atoms with E-state index in [1.165, 1.54) is 4.90 Å². The number of aliphatic hydroxyl groups excluding tert-OH is 1. The Hall–Kier alpha value is -0.770. The molecule has 1 heterocycles. The van der Waals surface area contributed by atoms with Crippen molar-refractivity contribution in [1.82, 2.24) is 4.90 Å². The number of hydrogen-bond acceptors (Lipinski definition) is 2. The van der Waals surface area contributed by atoms with Crippen LogP contribution < -0.4 is 0 Å². The maximum Gasteiger partial charge on any atom is 0.407 e. The Balaban J connectivity index is 2.42. The molecule has 1 fully saturated rings. The van der Waals surface area contributed by atoms with E-state index in [4.69, 9.17) is 10.2 Å². The first-order valence-electron chi connectivity index (χ1n) is 2.80. The first-order valence-corrected chi connectivity index (χ1v) is 2.80. The fourth-order valence-electron chi connectivity index (χ4n) is 0.842. The van der Waals surface area contributed by atoms with Crippen LogP contribution in [0.25, 0.3) is 0 Å². The number of β-amino-alcohol motifs (C(OH)–C–C–N with tert-alkyl or cyclic N) is 1. The molecule has 4 heteroatoms. The van der Waals surface area contributed by atoms with E-state index in [-0.39, 0.29) is 12.6 Å². The Kier molecular flexibility index (Phi) is 1.32. The molecule has 0 bridgehead atoms. The van der Waals surface area contributed by atoms with Gasteiger partial charge >= 0.3 is 6.09 Å². The van der Waals surface area contributed by atoms with Gasteiger partial charge in [-0.25, -0.2) is 4.79 Å². The summed E-state index contributed by atoms with van der Waals surface area (Å²) in [5.41, 5.74) is 0. The normalized spacial score (nSPS) is 33.8. The summed E-state index contributed by atoms with van der Waals surface area (Å²) in [7, 11) is 0. The van der Waals surface area contributed by atoms with Crippen molar-refractivity contribution < 1.29 is 15.0 Å². The monoisotopic (exact) mass is 131 g/mol. The molecule has 52 valence electrons. The highest BCUT2D eigenvalue weighted by Crippen LogP contribution is 2.16. The third-order valence-electron chi connectivity index (χ3n) is 1.68. The van der Waals surface area contributed by atoms with Gasteiger partial charge in [0, 0.05) is 0 Å². The van der Waals surface area contributed by atoms with Crippen LogP contribution in [0.2, 0.25) is 0 Å². The molecule has 2 atom stereocenters. The van der Waals surface area contributed by atoms with Gasteiger partial charge in [0.2, 0.25) is 0 Å². The predicted octanol–water partition coefficient (Wildman–Crippen LogP) is -0.271. The molecule has 4 nitrogen and oxygen atoms in total. The number of nitrogens with zero attached hydrogens (tertiary/aromatic N) is 1. The summed E-state index contributed by atoms with van der Waals surface area (Å²) in [5, 5.41) is 17.2. The van der Waals surface area contributed by atoms with Gasteiger partial charge in [0.1, 0.15) is 0 Å². The zero-order valence-corrected chi connectivity index (χ0v) is 5.11. The topological polar surface area (TPSA) is 60.8 Å². The van der Waals surface area contributed by atoms with E-state index in [2.05, 4.69) is 0 Å². The van der Waals surface area contributed by atoms with E-state index in [1.807, 2.05) is 0 Å². The third kappa shape index (κ3) is 0.853. The summed E-state index contributed by atoms with van der Waals surface area (Å²) in [6.45, 7) is 1.94. The maximum absolute atomic E-state index is 10.2. The summed E-state index contributed by atoms with van der Waals surface area (Å²) >= 11 is 0. The smallest absolute Gasteiger partial charge is 0.407 e. The zero-order chi connectivity index (χ0) is 7.02. The fourth-order valence-corrected chi connectivity index (χ4v) is 0.842. The van der Waals surface area contributed by atoms with Crippen molar-refractivity contribution in [2.45, 2.75) is 19.1 Å². The zero-order valence-electron chi connectivity index (χ0n) is 5.11. The largest absolute Gasteiger partial charge is 0.465 e. The second-order valence-corrected chi connectivity index (χ2v) is 2.24. The molecular formula is C5H9NO3. The average Bonchev–Trinajstić information content (AvgIpc) is 1.81. The summed E-state index contributed by atoms with van der Waals surface area (Å²) in [4.78, 5) is 11.4. The molecule has 0 aliphatic carbocycles. The molecule has 0 spiro atoms. The van der Waals surface area contributed by atoms with Crippen molar-refractivity contribution in [2.75, 3.05) is 6.54 Å². The van der Waals surface area contributed by atoms with Crippen LogP contribution in [0.15, 0.2) is 0 Å². The SMILES string of the molecule is CC1C(O)CN1C(=O)O. The van der Waals surface area contributed by atoms with Gasteiger partial charge in [-0.15, -0.1) is 0 Å². The van der Waals surface area contributed by atoms with Crippen molar-refractivity contribution in [2.24, 2.45) is 0 Å². The first-order chi connectivity index (χ1) is 4.13. The third-order valence-corrected chi connectivity index (χ3v) is 1.68. The van der Waals surface area contributed by atoms with Gasteiger partial charge < -0.3 is 15.1 Å². The van der Waals surface area contributed by atoms with Gasteiger partial charge in [0.05, 0.1) is 18.7 Å². The summed E-state index contributed by atoms with van der Waals surface area (Å²) in [6.07, 6.45) is -1.41. The van der Waals surface area contributed by atoms with Gasteiger partial charge in [-0.2, -0.15) is 0 Å². The summed E-state index contributed by atoms with van der Waals surface area (Å²) in [5.74, 6) is 0. The Morgan fingerprint density at radius 2 is 2.33 bits per heavy atom. The van der Waals surface area contributed by atoms with Gasteiger partial charge in [0.15, 0.2) is 0 Å². The molecule has 0 radical (unpaired) electrons. The highest BCUT2D eigenvalue weighted by atomic mass is 16.4. The Labute approximate surface area is 52.7 Å². The van der Waals surface area contributed by atoms with Crippen molar-refractivity contribution >= 4 is 6.09 Å². The van der Waals surface area contributed by atoms with E-state index >= 15 is 0 Å².